The third-order valence-electron chi connectivity index (χ3n) is 4.80. The first-order valence-corrected chi connectivity index (χ1v) is 10.2. The van der Waals surface area contributed by atoms with Crippen LogP contribution >= 0.6 is 35.0 Å². The van der Waals surface area contributed by atoms with E-state index < -0.39 is 39.6 Å². The highest BCUT2D eigenvalue weighted by atomic mass is 35.5. The maximum atomic E-state index is 14.1. The Balaban J connectivity index is 1.64. The summed E-state index contributed by atoms with van der Waals surface area (Å²) < 4.78 is 55.9. The zero-order valence-corrected chi connectivity index (χ0v) is 17.1. The molecule has 12 heteroatoms. The van der Waals surface area contributed by atoms with Crippen molar-refractivity contribution >= 4 is 40.8 Å². The summed E-state index contributed by atoms with van der Waals surface area (Å²) in [7, 11) is 0. The standard InChI is InChI=1S/C17H12Cl2F4N4OS/c1-29-15-24-5-8-6-27(7-12(8)25-15)13-4-16(28-26-13,17(21,22)23)9-2-10(18)14(20)11(19)3-9/h2-3,5H,4,6-7H2,1H3. The molecule has 0 N–H and O–H groups in total. The van der Waals surface area contributed by atoms with Gasteiger partial charge < -0.3 is 9.74 Å². The molecule has 5 nitrogen and oxygen atoms in total. The predicted octanol–water partition coefficient (Wildman–Crippen LogP) is 5.15. The molecule has 3 heterocycles. The molecule has 4 rings (SSSR count). The molecule has 0 amide bonds. The van der Waals surface area contributed by atoms with Gasteiger partial charge in [0.15, 0.2) is 11.0 Å². The molecule has 1 unspecified atom stereocenters. The molecular weight excluding hydrogens is 455 g/mol. The van der Waals surface area contributed by atoms with E-state index in [2.05, 4.69) is 15.1 Å². The summed E-state index contributed by atoms with van der Waals surface area (Å²) in [6.07, 6.45) is -1.96. The van der Waals surface area contributed by atoms with Crippen LogP contribution in [0.15, 0.2) is 28.6 Å². The van der Waals surface area contributed by atoms with Gasteiger partial charge in [0.1, 0.15) is 5.84 Å². The predicted molar refractivity (Wildman–Crippen MR) is 100 cm³/mol. The molecule has 0 saturated carbocycles. The van der Waals surface area contributed by atoms with Gasteiger partial charge in [-0.15, -0.1) is 0 Å². The number of nitrogens with zero attached hydrogens (tertiary/aromatic N) is 4. The minimum absolute atomic E-state index is 0.0996. The second-order valence-corrected chi connectivity index (χ2v) is 8.13. The van der Waals surface area contributed by atoms with Crippen molar-refractivity contribution in [2.24, 2.45) is 5.16 Å². The number of hydrogen-bond acceptors (Lipinski definition) is 6. The molecule has 0 fully saturated rings. The smallest absolute Gasteiger partial charge is 0.372 e. The van der Waals surface area contributed by atoms with Gasteiger partial charge in [0, 0.05) is 23.9 Å². The van der Waals surface area contributed by atoms with E-state index in [0.29, 0.717) is 11.7 Å². The first-order chi connectivity index (χ1) is 13.6. The van der Waals surface area contributed by atoms with E-state index in [1.54, 1.807) is 11.1 Å². The van der Waals surface area contributed by atoms with Crippen molar-refractivity contribution in [2.75, 3.05) is 6.26 Å². The lowest BCUT2D eigenvalue weighted by atomic mass is 9.89. The van der Waals surface area contributed by atoms with E-state index in [9.17, 15) is 17.6 Å². The average molecular weight is 467 g/mol. The van der Waals surface area contributed by atoms with Crippen LogP contribution in [0.4, 0.5) is 17.6 Å². The van der Waals surface area contributed by atoms with Crippen LogP contribution in [0.2, 0.25) is 10.0 Å². The lowest BCUT2D eigenvalue weighted by molar-refractivity contribution is -0.275. The van der Waals surface area contributed by atoms with E-state index in [-0.39, 0.29) is 12.4 Å². The number of thioether (sulfide) groups is 1. The minimum atomic E-state index is -4.85. The Morgan fingerprint density at radius 3 is 2.52 bits per heavy atom. The van der Waals surface area contributed by atoms with Crippen molar-refractivity contribution < 1.29 is 22.4 Å². The molecule has 0 spiro atoms. The van der Waals surface area contributed by atoms with Gasteiger partial charge in [-0.05, 0) is 18.4 Å². The lowest BCUT2D eigenvalue weighted by Gasteiger charge is -2.30. The first-order valence-electron chi connectivity index (χ1n) is 8.25. The molecule has 29 heavy (non-hydrogen) atoms. The molecule has 154 valence electrons. The van der Waals surface area contributed by atoms with Crippen LogP contribution in [0.5, 0.6) is 0 Å². The molecule has 1 aromatic heterocycles. The Kier molecular flexibility index (Phi) is 5.07. The highest BCUT2D eigenvalue weighted by Crippen LogP contribution is 2.50. The van der Waals surface area contributed by atoms with E-state index >= 15 is 0 Å². The largest absolute Gasteiger partial charge is 0.435 e. The van der Waals surface area contributed by atoms with Crippen molar-refractivity contribution in [1.29, 1.82) is 0 Å². The number of alkyl halides is 3. The summed E-state index contributed by atoms with van der Waals surface area (Å²) in [6.45, 7) is 0.595. The summed E-state index contributed by atoms with van der Waals surface area (Å²) >= 11 is 12.8. The van der Waals surface area contributed by atoms with E-state index in [0.717, 1.165) is 23.4 Å². The molecule has 0 aliphatic carbocycles. The molecule has 2 aliphatic heterocycles. The Bertz CT molecular complexity index is 996. The van der Waals surface area contributed by atoms with Crippen molar-refractivity contribution in [1.82, 2.24) is 14.9 Å². The molecule has 2 aromatic rings. The fourth-order valence-electron chi connectivity index (χ4n) is 3.26. The van der Waals surface area contributed by atoms with Gasteiger partial charge in [0.05, 0.1) is 28.7 Å². The zero-order chi connectivity index (χ0) is 21.0. The zero-order valence-electron chi connectivity index (χ0n) is 14.7. The summed E-state index contributed by atoms with van der Waals surface area (Å²) in [5.41, 5.74) is -1.69. The highest BCUT2D eigenvalue weighted by Gasteiger charge is 2.63. The van der Waals surface area contributed by atoms with Crippen LogP contribution in [0.1, 0.15) is 23.2 Å². The third-order valence-corrected chi connectivity index (χ3v) is 5.92. The summed E-state index contributed by atoms with van der Waals surface area (Å²) in [6, 6.07) is 1.73. The Morgan fingerprint density at radius 2 is 1.90 bits per heavy atom. The van der Waals surface area contributed by atoms with Gasteiger partial charge in [0.2, 0.25) is 0 Å². The third kappa shape index (κ3) is 3.40. The summed E-state index contributed by atoms with van der Waals surface area (Å²) in [5.74, 6) is -0.894. The van der Waals surface area contributed by atoms with Gasteiger partial charge in [-0.2, -0.15) is 13.2 Å². The fourth-order valence-corrected chi connectivity index (χ4v) is 4.11. The molecule has 1 atom stereocenters. The number of hydrogen-bond donors (Lipinski definition) is 0. The summed E-state index contributed by atoms with van der Waals surface area (Å²) in [5, 5.41) is 3.24. The van der Waals surface area contributed by atoms with Crippen LogP contribution in [0.3, 0.4) is 0 Å². The number of oxime groups is 1. The van der Waals surface area contributed by atoms with Gasteiger partial charge >= 0.3 is 6.18 Å². The first kappa shape index (κ1) is 20.5. The highest BCUT2D eigenvalue weighted by molar-refractivity contribution is 7.98. The van der Waals surface area contributed by atoms with Crippen LogP contribution in [0.25, 0.3) is 0 Å². The number of fused-ring (bicyclic) bond motifs is 1. The number of aromatic nitrogens is 2. The van der Waals surface area contributed by atoms with E-state index in [1.165, 1.54) is 11.8 Å². The lowest BCUT2D eigenvalue weighted by Crippen LogP contribution is -2.44. The molecule has 0 bridgehead atoms. The molecular formula is C17H12Cl2F4N4OS. The second-order valence-electron chi connectivity index (χ2n) is 6.54. The Morgan fingerprint density at radius 1 is 1.21 bits per heavy atom. The van der Waals surface area contributed by atoms with Crippen molar-refractivity contribution in [3.05, 3.63) is 51.0 Å². The molecule has 1 aromatic carbocycles. The fraction of sp³-hybridized carbons (Fsp3) is 0.353. The van der Waals surface area contributed by atoms with Crippen LogP contribution < -0.4 is 0 Å². The van der Waals surface area contributed by atoms with Gasteiger partial charge in [-0.25, -0.2) is 14.4 Å². The monoisotopic (exact) mass is 466 g/mol. The van der Waals surface area contributed by atoms with Crippen molar-refractivity contribution in [2.45, 2.75) is 36.4 Å². The number of halogens is 6. The van der Waals surface area contributed by atoms with E-state index in [1.807, 2.05) is 6.26 Å². The normalized spacial score (nSPS) is 21.2. The molecule has 0 radical (unpaired) electrons. The van der Waals surface area contributed by atoms with Crippen molar-refractivity contribution in [3.63, 3.8) is 0 Å². The summed E-state index contributed by atoms with van der Waals surface area (Å²) in [4.78, 5) is 15.2. The second kappa shape index (κ2) is 7.17. The maximum Gasteiger partial charge on any atom is 0.435 e. The molecule has 2 aliphatic rings. The average Bonchev–Trinajstić information content (AvgIpc) is 3.29. The number of amidine groups is 1. The maximum absolute atomic E-state index is 14.1. The van der Waals surface area contributed by atoms with Crippen molar-refractivity contribution in [3.8, 4) is 0 Å². The minimum Gasteiger partial charge on any atom is -0.372 e. The van der Waals surface area contributed by atoms with Gasteiger partial charge in [-0.3, -0.25) is 0 Å². The Hall–Kier alpha value is -1.78. The quantitative estimate of drug-likeness (QED) is 0.265. The number of rotatable bonds is 2. The van der Waals surface area contributed by atoms with Gasteiger partial charge in [0.25, 0.3) is 5.60 Å². The topological polar surface area (TPSA) is 50.6 Å². The van der Waals surface area contributed by atoms with Crippen LogP contribution in [-0.2, 0) is 23.5 Å². The SMILES string of the molecule is CSc1ncc2c(n1)CN(C1=NOC(c3cc(Cl)c(F)c(Cl)c3)(C(F)(F)F)C1)C2. The van der Waals surface area contributed by atoms with Gasteiger partial charge in [-0.1, -0.05) is 40.1 Å². The van der Waals surface area contributed by atoms with Crippen LogP contribution in [-0.4, -0.2) is 33.1 Å². The Labute approximate surface area is 177 Å². The number of benzene rings is 1. The van der Waals surface area contributed by atoms with Crippen LogP contribution in [0, 0.1) is 5.82 Å². The van der Waals surface area contributed by atoms with E-state index in [4.69, 9.17) is 28.0 Å². The molecule has 0 saturated heterocycles.